The lowest BCUT2D eigenvalue weighted by molar-refractivity contribution is 0.0696. The normalized spacial score (nSPS) is 10.8. The number of aliphatic hydroxyl groups excluding tert-OH is 1. The van der Waals surface area contributed by atoms with Crippen LogP contribution in [0.15, 0.2) is 12.1 Å². The maximum Gasteiger partial charge on any atom is 0.335 e. The lowest BCUT2D eigenvalue weighted by Gasteiger charge is -2.23. The highest BCUT2D eigenvalue weighted by Gasteiger charge is 2.14. The molecule has 0 spiro atoms. The maximum absolute atomic E-state index is 11.2. The Balaban J connectivity index is 3.19. The number of hydrogen-bond acceptors (Lipinski definition) is 4. The molecule has 0 aromatic carbocycles. The number of aliphatic hydroxyl groups is 1. The second kappa shape index (κ2) is 7.09. The van der Waals surface area contributed by atoms with E-state index in [2.05, 4.69) is 4.98 Å². The highest BCUT2D eigenvalue weighted by molar-refractivity contribution is 5.88. The molecule has 0 unspecified atom stereocenters. The molecule has 19 heavy (non-hydrogen) atoms. The Bertz CT molecular complexity index is 427. The minimum absolute atomic E-state index is 0.0238. The van der Waals surface area contributed by atoms with Crippen molar-refractivity contribution in [1.82, 2.24) is 4.98 Å². The molecule has 1 aromatic heterocycles. The SMILES string of the molecule is CCCN(CCO)c1cc(C(=O)O)cc(C(C)C)n1. The van der Waals surface area contributed by atoms with Crippen LogP contribution in [0.5, 0.6) is 0 Å². The predicted octanol–water partition coefficient (Wildman–Crippen LogP) is 2.11. The summed E-state index contributed by atoms with van der Waals surface area (Å²) in [5.41, 5.74) is 1.00. The van der Waals surface area contributed by atoms with Gasteiger partial charge in [-0.3, -0.25) is 0 Å². The van der Waals surface area contributed by atoms with Gasteiger partial charge in [-0.2, -0.15) is 0 Å². The summed E-state index contributed by atoms with van der Waals surface area (Å²) in [7, 11) is 0. The first-order chi connectivity index (χ1) is 8.99. The zero-order valence-corrected chi connectivity index (χ0v) is 11.8. The largest absolute Gasteiger partial charge is 0.478 e. The number of carboxylic acids is 1. The van der Waals surface area contributed by atoms with Crippen LogP contribution < -0.4 is 4.90 Å². The summed E-state index contributed by atoms with van der Waals surface area (Å²) in [6.07, 6.45) is 0.913. The van der Waals surface area contributed by atoms with Gasteiger partial charge in [0, 0.05) is 18.8 Å². The number of anilines is 1. The van der Waals surface area contributed by atoms with Gasteiger partial charge >= 0.3 is 5.97 Å². The van der Waals surface area contributed by atoms with Gasteiger partial charge in [0.25, 0.3) is 0 Å². The van der Waals surface area contributed by atoms with Crippen molar-refractivity contribution in [2.24, 2.45) is 0 Å². The molecule has 1 heterocycles. The third-order valence-electron chi connectivity index (χ3n) is 2.86. The fraction of sp³-hybridized carbons (Fsp3) is 0.571. The molecule has 0 radical (unpaired) electrons. The molecule has 0 aliphatic carbocycles. The minimum Gasteiger partial charge on any atom is -0.478 e. The van der Waals surface area contributed by atoms with Gasteiger partial charge in [-0.15, -0.1) is 0 Å². The highest BCUT2D eigenvalue weighted by atomic mass is 16.4. The number of carboxylic acid groups (broad SMARTS) is 1. The van der Waals surface area contributed by atoms with Crippen LogP contribution >= 0.6 is 0 Å². The molecular formula is C14H22N2O3. The second-order valence-corrected chi connectivity index (χ2v) is 4.81. The molecule has 0 aliphatic heterocycles. The molecule has 1 rings (SSSR count). The summed E-state index contributed by atoms with van der Waals surface area (Å²) in [5.74, 6) is -0.166. The monoisotopic (exact) mass is 266 g/mol. The molecule has 0 bridgehead atoms. The molecule has 2 N–H and O–H groups in total. The summed E-state index contributed by atoms with van der Waals surface area (Å²) in [4.78, 5) is 17.6. The molecule has 5 nitrogen and oxygen atoms in total. The van der Waals surface area contributed by atoms with Crippen LogP contribution in [0.4, 0.5) is 5.82 Å². The summed E-state index contributed by atoms with van der Waals surface area (Å²) in [6.45, 7) is 7.22. The number of carbonyl (C=O) groups is 1. The van der Waals surface area contributed by atoms with Crippen LogP contribution in [-0.4, -0.2) is 40.9 Å². The zero-order valence-electron chi connectivity index (χ0n) is 11.8. The van der Waals surface area contributed by atoms with E-state index in [0.29, 0.717) is 12.4 Å². The molecule has 0 fully saturated rings. The zero-order chi connectivity index (χ0) is 14.4. The van der Waals surface area contributed by atoms with Crippen LogP contribution in [0.1, 0.15) is 49.2 Å². The summed E-state index contributed by atoms with van der Waals surface area (Å²) >= 11 is 0. The summed E-state index contributed by atoms with van der Waals surface area (Å²) < 4.78 is 0. The van der Waals surface area contributed by atoms with E-state index in [4.69, 9.17) is 10.2 Å². The van der Waals surface area contributed by atoms with E-state index in [9.17, 15) is 4.79 Å². The van der Waals surface area contributed by atoms with Crippen LogP contribution in [0.3, 0.4) is 0 Å². The van der Waals surface area contributed by atoms with Gasteiger partial charge in [0.2, 0.25) is 0 Å². The first kappa shape index (κ1) is 15.4. The van der Waals surface area contributed by atoms with Gasteiger partial charge in [-0.05, 0) is 24.5 Å². The maximum atomic E-state index is 11.2. The Morgan fingerprint density at radius 1 is 1.37 bits per heavy atom. The topological polar surface area (TPSA) is 73.7 Å². The number of rotatable bonds is 7. The second-order valence-electron chi connectivity index (χ2n) is 4.81. The average Bonchev–Trinajstić information content (AvgIpc) is 2.37. The molecule has 106 valence electrons. The molecular weight excluding hydrogens is 244 g/mol. The van der Waals surface area contributed by atoms with Crippen molar-refractivity contribution in [2.75, 3.05) is 24.6 Å². The van der Waals surface area contributed by atoms with E-state index in [1.165, 1.54) is 0 Å². The fourth-order valence-corrected chi connectivity index (χ4v) is 1.85. The molecule has 0 saturated carbocycles. The highest BCUT2D eigenvalue weighted by Crippen LogP contribution is 2.20. The number of pyridine rings is 1. The first-order valence-corrected chi connectivity index (χ1v) is 6.60. The van der Waals surface area contributed by atoms with Gasteiger partial charge in [0.05, 0.1) is 12.2 Å². The van der Waals surface area contributed by atoms with Gasteiger partial charge in [0.15, 0.2) is 0 Å². The predicted molar refractivity (Wildman–Crippen MR) is 74.9 cm³/mol. The van der Waals surface area contributed by atoms with Gasteiger partial charge < -0.3 is 15.1 Å². The van der Waals surface area contributed by atoms with Crippen LogP contribution in [-0.2, 0) is 0 Å². The standard InChI is InChI=1S/C14H22N2O3/c1-4-5-16(6-7-17)13-9-11(14(18)19)8-12(15-13)10(2)3/h8-10,17H,4-7H2,1-3H3,(H,18,19). The quantitative estimate of drug-likeness (QED) is 0.790. The number of aromatic carboxylic acids is 1. The molecule has 1 aromatic rings. The van der Waals surface area contributed by atoms with E-state index in [1.807, 2.05) is 25.7 Å². The van der Waals surface area contributed by atoms with Crippen molar-refractivity contribution in [3.63, 3.8) is 0 Å². The Morgan fingerprint density at radius 3 is 2.53 bits per heavy atom. The van der Waals surface area contributed by atoms with E-state index in [0.717, 1.165) is 18.7 Å². The lowest BCUT2D eigenvalue weighted by atomic mass is 10.1. The van der Waals surface area contributed by atoms with Crippen molar-refractivity contribution in [3.8, 4) is 0 Å². The van der Waals surface area contributed by atoms with Gasteiger partial charge in [-0.1, -0.05) is 20.8 Å². The number of nitrogens with zero attached hydrogens (tertiary/aromatic N) is 2. The fourth-order valence-electron chi connectivity index (χ4n) is 1.85. The first-order valence-electron chi connectivity index (χ1n) is 6.60. The van der Waals surface area contributed by atoms with Crippen LogP contribution in [0.25, 0.3) is 0 Å². The Hall–Kier alpha value is -1.62. The van der Waals surface area contributed by atoms with Crippen molar-refractivity contribution >= 4 is 11.8 Å². The van der Waals surface area contributed by atoms with Gasteiger partial charge in [0.1, 0.15) is 5.82 Å². The molecule has 0 amide bonds. The number of aromatic nitrogens is 1. The summed E-state index contributed by atoms with van der Waals surface area (Å²) in [6, 6.07) is 3.18. The lowest BCUT2D eigenvalue weighted by Crippen LogP contribution is -2.29. The third-order valence-corrected chi connectivity index (χ3v) is 2.86. The van der Waals surface area contributed by atoms with Gasteiger partial charge in [-0.25, -0.2) is 9.78 Å². The van der Waals surface area contributed by atoms with Crippen molar-refractivity contribution in [1.29, 1.82) is 0 Å². The minimum atomic E-state index is -0.953. The summed E-state index contributed by atoms with van der Waals surface area (Å²) in [5, 5.41) is 18.3. The average molecular weight is 266 g/mol. The van der Waals surface area contributed by atoms with Crippen LogP contribution in [0.2, 0.25) is 0 Å². The third kappa shape index (κ3) is 4.21. The van der Waals surface area contributed by atoms with Crippen LogP contribution in [0, 0.1) is 0 Å². The number of hydrogen-bond donors (Lipinski definition) is 2. The van der Waals surface area contributed by atoms with E-state index >= 15 is 0 Å². The van der Waals surface area contributed by atoms with E-state index in [1.54, 1.807) is 12.1 Å². The molecule has 0 saturated heterocycles. The van der Waals surface area contributed by atoms with Crippen molar-refractivity contribution in [3.05, 3.63) is 23.4 Å². The Kier molecular flexibility index (Phi) is 5.76. The Morgan fingerprint density at radius 2 is 2.05 bits per heavy atom. The smallest absolute Gasteiger partial charge is 0.335 e. The van der Waals surface area contributed by atoms with E-state index < -0.39 is 5.97 Å². The molecule has 5 heteroatoms. The Labute approximate surface area is 113 Å². The molecule has 0 atom stereocenters. The van der Waals surface area contributed by atoms with Crippen molar-refractivity contribution < 1.29 is 15.0 Å². The van der Waals surface area contributed by atoms with Crippen molar-refractivity contribution in [2.45, 2.75) is 33.1 Å². The van der Waals surface area contributed by atoms with E-state index in [-0.39, 0.29) is 18.1 Å². The molecule has 0 aliphatic rings.